The van der Waals surface area contributed by atoms with E-state index in [2.05, 4.69) is 27.7 Å². The minimum Gasteiger partial charge on any atom is -0.478 e. The van der Waals surface area contributed by atoms with Crippen LogP contribution in [0.3, 0.4) is 0 Å². The van der Waals surface area contributed by atoms with Crippen LogP contribution >= 0.6 is 0 Å². The lowest BCUT2D eigenvalue weighted by molar-refractivity contribution is -0.231. The second-order valence-electron chi connectivity index (χ2n) is 14.5. The molecule has 0 spiro atoms. The quantitative estimate of drug-likeness (QED) is 0.199. The Hall–Kier alpha value is -1.74. The van der Waals surface area contributed by atoms with Gasteiger partial charge in [-0.2, -0.15) is 0 Å². The van der Waals surface area contributed by atoms with Crippen molar-refractivity contribution in [3.05, 3.63) is 22.3 Å². The first-order valence-corrected chi connectivity index (χ1v) is 15.3. The second-order valence-corrected chi connectivity index (χ2v) is 14.5. The molecule has 0 aromatic carbocycles. The fraction of sp³-hybridized carbons (Fsp3) is 0.812. The number of aliphatic hydroxyl groups excluding tert-OH is 2. The first-order chi connectivity index (χ1) is 18.7. The first-order valence-electron chi connectivity index (χ1n) is 15.3. The van der Waals surface area contributed by atoms with Crippen LogP contribution in [0.25, 0.3) is 0 Å². The highest BCUT2D eigenvalue weighted by atomic mass is 16.5. The largest absolute Gasteiger partial charge is 0.478 e. The molecule has 5 fully saturated rings. The Morgan fingerprint density at radius 3 is 2.33 bits per heavy atom. The summed E-state index contributed by atoms with van der Waals surface area (Å²) in [7, 11) is 0. The van der Waals surface area contributed by atoms with E-state index in [0.717, 1.165) is 32.1 Å². The van der Waals surface area contributed by atoms with Crippen molar-refractivity contribution in [1.29, 1.82) is 0 Å². The molecule has 0 bridgehead atoms. The zero-order valence-electron chi connectivity index (χ0n) is 24.9. The van der Waals surface area contributed by atoms with E-state index in [1.165, 1.54) is 18.1 Å². The van der Waals surface area contributed by atoms with Crippen molar-refractivity contribution in [3.8, 4) is 0 Å². The maximum Gasteiger partial charge on any atom is 0.331 e. The van der Waals surface area contributed by atoms with Crippen LogP contribution in [0.5, 0.6) is 0 Å². The number of aliphatic hydroxyl groups is 2. The first kappa shape index (κ1) is 29.7. The molecule has 0 aromatic rings. The van der Waals surface area contributed by atoms with Gasteiger partial charge in [0.1, 0.15) is 6.10 Å². The number of allylic oxidation sites excluding steroid dienone is 2. The molecule has 11 atom stereocenters. The molecule has 40 heavy (non-hydrogen) atoms. The lowest BCUT2D eigenvalue weighted by Gasteiger charge is -2.69. The molecule has 224 valence electrons. The van der Waals surface area contributed by atoms with Gasteiger partial charge in [-0.25, -0.2) is 4.79 Å². The van der Waals surface area contributed by atoms with Crippen LogP contribution < -0.4 is 11.5 Å². The third-order valence-corrected chi connectivity index (χ3v) is 12.7. The van der Waals surface area contributed by atoms with E-state index in [1.54, 1.807) is 0 Å². The van der Waals surface area contributed by atoms with E-state index in [1.807, 2.05) is 0 Å². The number of carbonyl (C=O) groups is 2. The molecule has 7 N–H and O–H groups in total. The standard InChI is InChI=1S/C32H50N2O6/c1-16(2)18-6-7-19(12-18)25(29(38)39)26-21-13-23(37)28-30(4)10-9-22(36)27(34)20(30)8-11-32(28,15-33)31(21,5)14-24(26)40-17(3)35/h19-24,27-28,36-37H,6-15,33-34H2,1-5H3,(H,38,39)/b26-25-/t19?,20-,21-,22+,23+,24-,27-,28-,30-,31-,32+/m0/s1. The molecule has 0 heterocycles. The van der Waals surface area contributed by atoms with E-state index in [0.29, 0.717) is 43.4 Å². The van der Waals surface area contributed by atoms with Gasteiger partial charge in [0.05, 0.1) is 12.2 Å². The molecule has 5 aliphatic carbocycles. The number of esters is 1. The molecule has 0 aromatic heterocycles. The van der Waals surface area contributed by atoms with Gasteiger partial charge in [-0.3, -0.25) is 4.79 Å². The summed E-state index contributed by atoms with van der Waals surface area (Å²) in [6.07, 6.45) is 4.26. The van der Waals surface area contributed by atoms with Crippen molar-refractivity contribution in [2.45, 2.75) is 117 Å². The Labute approximate surface area is 238 Å². The molecule has 5 aliphatic rings. The molecule has 8 heteroatoms. The summed E-state index contributed by atoms with van der Waals surface area (Å²) in [4.78, 5) is 25.4. The maximum absolute atomic E-state index is 13.0. The van der Waals surface area contributed by atoms with Crippen molar-refractivity contribution in [2.75, 3.05) is 6.54 Å². The summed E-state index contributed by atoms with van der Waals surface area (Å²) in [5.41, 5.74) is 15.7. The van der Waals surface area contributed by atoms with Crippen LogP contribution in [0.2, 0.25) is 0 Å². The normalized spacial score (nSPS) is 47.7. The number of rotatable bonds is 4. The zero-order chi connectivity index (χ0) is 29.4. The minimum absolute atomic E-state index is 0.0759. The number of ether oxygens (including phenoxy) is 1. The summed E-state index contributed by atoms with van der Waals surface area (Å²) >= 11 is 0. The third-order valence-electron chi connectivity index (χ3n) is 12.7. The van der Waals surface area contributed by atoms with Gasteiger partial charge in [-0.1, -0.05) is 25.0 Å². The van der Waals surface area contributed by atoms with Gasteiger partial charge in [-0.05, 0) is 124 Å². The lowest BCUT2D eigenvalue weighted by atomic mass is 9.36. The van der Waals surface area contributed by atoms with Gasteiger partial charge in [0.15, 0.2) is 0 Å². The summed E-state index contributed by atoms with van der Waals surface area (Å²) in [6.45, 7) is 10.3. The van der Waals surface area contributed by atoms with Crippen LogP contribution in [-0.2, 0) is 14.3 Å². The molecule has 0 amide bonds. The van der Waals surface area contributed by atoms with Crippen molar-refractivity contribution in [3.63, 3.8) is 0 Å². The molecular weight excluding hydrogens is 508 g/mol. The van der Waals surface area contributed by atoms with Crippen molar-refractivity contribution in [2.24, 2.45) is 51.4 Å². The van der Waals surface area contributed by atoms with E-state index in [9.17, 15) is 24.9 Å². The van der Waals surface area contributed by atoms with Crippen LogP contribution in [0.15, 0.2) is 22.3 Å². The Kier molecular flexibility index (Phi) is 7.59. The summed E-state index contributed by atoms with van der Waals surface area (Å²) < 4.78 is 5.97. The molecule has 5 rings (SSSR count). The Bertz CT molecular complexity index is 1130. The number of fused-ring (bicyclic) bond motifs is 5. The Balaban J connectivity index is 1.66. The number of hydrogen-bond acceptors (Lipinski definition) is 7. The van der Waals surface area contributed by atoms with Gasteiger partial charge < -0.3 is 31.5 Å². The molecular formula is C32H50N2O6. The van der Waals surface area contributed by atoms with E-state index >= 15 is 0 Å². The monoisotopic (exact) mass is 558 g/mol. The lowest BCUT2D eigenvalue weighted by Crippen LogP contribution is -2.70. The predicted octanol–water partition coefficient (Wildman–Crippen LogP) is 3.69. The highest BCUT2D eigenvalue weighted by Gasteiger charge is 2.72. The summed E-state index contributed by atoms with van der Waals surface area (Å²) in [5, 5.41) is 33.3. The highest BCUT2D eigenvalue weighted by molar-refractivity contribution is 5.89. The Morgan fingerprint density at radius 1 is 1.05 bits per heavy atom. The molecule has 0 saturated heterocycles. The van der Waals surface area contributed by atoms with E-state index < -0.39 is 41.1 Å². The van der Waals surface area contributed by atoms with Crippen molar-refractivity contribution >= 4 is 11.9 Å². The Morgan fingerprint density at radius 2 is 1.75 bits per heavy atom. The van der Waals surface area contributed by atoms with Crippen molar-refractivity contribution in [1.82, 2.24) is 0 Å². The number of carbonyl (C=O) groups excluding carboxylic acids is 1. The van der Waals surface area contributed by atoms with Gasteiger partial charge in [0.2, 0.25) is 0 Å². The highest BCUT2D eigenvalue weighted by Crippen LogP contribution is 2.74. The molecule has 8 nitrogen and oxygen atoms in total. The molecule has 5 saturated carbocycles. The fourth-order valence-electron chi connectivity index (χ4n) is 10.8. The maximum atomic E-state index is 13.0. The number of carboxylic acids is 1. The summed E-state index contributed by atoms with van der Waals surface area (Å²) in [5.74, 6) is -1.83. The van der Waals surface area contributed by atoms with E-state index in [4.69, 9.17) is 16.2 Å². The molecule has 1 unspecified atom stereocenters. The van der Waals surface area contributed by atoms with Gasteiger partial charge >= 0.3 is 11.9 Å². The van der Waals surface area contributed by atoms with Crippen LogP contribution in [0, 0.1) is 39.9 Å². The topological polar surface area (TPSA) is 156 Å². The smallest absolute Gasteiger partial charge is 0.331 e. The molecule has 0 aliphatic heterocycles. The summed E-state index contributed by atoms with van der Waals surface area (Å²) in [6, 6.07) is -0.342. The predicted molar refractivity (Wildman–Crippen MR) is 152 cm³/mol. The number of aliphatic carboxylic acids is 1. The van der Waals surface area contributed by atoms with Gasteiger partial charge in [0.25, 0.3) is 0 Å². The van der Waals surface area contributed by atoms with Gasteiger partial charge in [-0.15, -0.1) is 0 Å². The van der Waals surface area contributed by atoms with Crippen LogP contribution in [-0.4, -0.2) is 58.2 Å². The van der Waals surface area contributed by atoms with Crippen LogP contribution in [0.4, 0.5) is 0 Å². The average molecular weight is 559 g/mol. The zero-order valence-corrected chi connectivity index (χ0v) is 24.9. The second kappa shape index (κ2) is 10.2. The fourth-order valence-corrected chi connectivity index (χ4v) is 10.8. The van der Waals surface area contributed by atoms with Crippen LogP contribution in [0.1, 0.15) is 92.4 Å². The van der Waals surface area contributed by atoms with Gasteiger partial charge in [0, 0.05) is 18.5 Å². The number of hydrogen-bond donors (Lipinski definition) is 5. The molecule has 0 radical (unpaired) electrons. The number of carboxylic acid groups (broad SMARTS) is 1. The minimum atomic E-state index is -0.947. The van der Waals surface area contributed by atoms with Crippen molar-refractivity contribution < 1.29 is 29.6 Å². The SMILES string of the molecule is CC(=O)O[C@H]1C[C@@]2(C)[C@@H](C[C@@H](O)[C@H]3[C@@]4(C)CC[C@@H](O)[C@@H](N)[C@@H]4CC[C@@]32CN)/C1=C(/C(=O)O)C1CCC(=C(C)C)C1. The average Bonchev–Trinajstić information content (AvgIpc) is 3.45. The third kappa shape index (κ3) is 4.15. The number of nitrogens with two attached hydrogens (primary N) is 2. The van der Waals surface area contributed by atoms with E-state index in [-0.39, 0.29) is 35.1 Å².